The van der Waals surface area contributed by atoms with Gasteiger partial charge in [0.2, 0.25) is 0 Å². The van der Waals surface area contributed by atoms with Crippen LogP contribution in [0.4, 0.5) is 0 Å². The van der Waals surface area contributed by atoms with Gasteiger partial charge < -0.3 is 10.1 Å². The Morgan fingerprint density at radius 2 is 1.65 bits per heavy atom. The Balaban J connectivity index is 0.000000304. The first kappa shape index (κ1) is 18.5. The predicted octanol–water partition coefficient (Wildman–Crippen LogP) is 1.08. The smallest absolute Gasteiger partial charge is 0.394 e. The summed E-state index contributed by atoms with van der Waals surface area (Å²) in [4.78, 5) is 9.76. The van der Waals surface area contributed by atoms with E-state index < -0.39 is 10.4 Å². The highest BCUT2D eigenvalue weighted by molar-refractivity contribution is 7.79. The molecular formula is C12H19NO6S. The summed E-state index contributed by atoms with van der Waals surface area (Å²) in [6.07, 6.45) is 2.78. The van der Waals surface area contributed by atoms with Crippen LogP contribution in [0.1, 0.15) is 18.4 Å². The number of carbonyl (C=O) groups excluding carboxylic acids is 1. The molecule has 1 aromatic rings. The molecule has 20 heavy (non-hydrogen) atoms. The van der Waals surface area contributed by atoms with Crippen LogP contribution in [0.2, 0.25) is 0 Å². The fourth-order valence-corrected chi connectivity index (χ4v) is 1.33. The van der Waals surface area contributed by atoms with Gasteiger partial charge in [0.1, 0.15) is 6.61 Å². The number of rotatable bonds is 3. The van der Waals surface area contributed by atoms with Crippen LogP contribution in [0.5, 0.6) is 0 Å². The van der Waals surface area contributed by atoms with Crippen LogP contribution in [0.15, 0.2) is 30.3 Å². The molecule has 7 nitrogen and oxygen atoms in total. The van der Waals surface area contributed by atoms with Gasteiger partial charge in [0, 0.05) is 0 Å². The highest BCUT2D eigenvalue weighted by Gasteiger charge is 1.93. The Kier molecular flexibility index (Phi) is 10.5. The summed E-state index contributed by atoms with van der Waals surface area (Å²) in [5, 5.41) is 3.22. The Labute approximate surface area is 118 Å². The van der Waals surface area contributed by atoms with Crippen molar-refractivity contribution in [2.45, 2.75) is 19.4 Å². The minimum absolute atomic E-state index is 0.365. The molecule has 8 heteroatoms. The zero-order valence-corrected chi connectivity index (χ0v) is 11.8. The Morgan fingerprint density at radius 1 is 1.15 bits per heavy atom. The summed E-state index contributed by atoms with van der Waals surface area (Å²) in [6, 6.07) is 9.55. The second-order valence-electron chi connectivity index (χ2n) is 3.80. The zero-order chi connectivity index (χ0) is 15.3. The van der Waals surface area contributed by atoms with Gasteiger partial charge in [0.15, 0.2) is 0 Å². The van der Waals surface area contributed by atoms with Crippen LogP contribution in [-0.4, -0.2) is 37.1 Å². The van der Waals surface area contributed by atoms with Crippen molar-refractivity contribution in [1.29, 1.82) is 0 Å². The average Bonchev–Trinajstić information content (AvgIpc) is 2.95. The molecule has 0 radical (unpaired) electrons. The SMILES string of the molecule is C1CCNC1.O=COCc1ccccc1.O=S(=O)(O)O. The van der Waals surface area contributed by atoms with E-state index in [-0.39, 0.29) is 0 Å². The maximum atomic E-state index is 9.76. The molecule has 2 rings (SSSR count). The standard InChI is InChI=1S/C8H8O2.C4H9N.H2O4S/c9-7-10-6-8-4-2-1-3-5-8;1-2-4-5-3-1;1-5(2,3)4/h1-5,7H,6H2;5H,1-4H2;(H2,1,2,3,4). The maximum Gasteiger partial charge on any atom is 0.394 e. The molecule has 1 aliphatic heterocycles. The van der Waals surface area contributed by atoms with Gasteiger partial charge in [-0.1, -0.05) is 30.3 Å². The topological polar surface area (TPSA) is 113 Å². The van der Waals surface area contributed by atoms with Gasteiger partial charge in [-0.3, -0.25) is 13.9 Å². The first-order valence-corrected chi connectivity index (χ1v) is 7.33. The summed E-state index contributed by atoms with van der Waals surface area (Å²) in [5.74, 6) is 0. The minimum Gasteiger partial charge on any atom is -0.463 e. The van der Waals surface area contributed by atoms with Crippen LogP contribution < -0.4 is 5.32 Å². The lowest BCUT2D eigenvalue weighted by atomic mass is 10.2. The first-order chi connectivity index (χ1) is 9.43. The third kappa shape index (κ3) is 16.5. The molecule has 0 amide bonds. The van der Waals surface area contributed by atoms with E-state index in [0.717, 1.165) is 5.56 Å². The quantitative estimate of drug-likeness (QED) is 0.565. The second kappa shape index (κ2) is 11.4. The third-order valence-electron chi connectivity index (χ3n) is 2.12. The third-order valence-corrected chi connectivity index (χ3v) is 2.12. The van der Waals surface area contributed by atoms with Gasteiger partial charge in [-0.05, 0) is 31.5 Å². The van der Waals surface area contributed by atoms with Gasteiger partial charge >= 0.3 is 10.4 Å². The van der Waals surface area contributed by atoms with Gasteiger partial charge in [0.25, 0.3) is 6.47 Å². The molecule has 1 aliphatic rings. The molecular weight excluding hydrogens is 286 g/mol. The van der Waals surface area contributed by atoms with Crippen LogP contribution in [0.25, 0.3) is 0 Å². The van der Waals surface area contributed by atoms with E-state index in [9.17, 15) is 4.79 Å². The average molecular weight is 305 g/mol. The molecule has 0 spiro atoms. The Hall–Kier alpha value is -1.48. The lowest BCUT2D eigenvalue weighted by Gasteiger charge is -1.95. The largest absolute Gasteiger partial charge is 0.463 e. The fraction of sp³-hybridized carbons (Fsp3) is 0.417. The summed E-state index contributed by atoms with van der Waals surface area (Å²) in [6.45, 7) is 3.32. The summed E-state index contributed by atoms with van der Waals surface area (Å²) >= 11 is 0. The van der Waals surface area contributed by atoms with Crippen molar-refractivity contribution in [3.63, 3.8) is 0 Å². The van der Waals surface area contributed by atoms with Gasteiger partial charge in [-0.15, -0.1) is 0 Å². The monoisotopic (exact) mass is 305 g/mol. The summed E-state index contributed by atoms with van der Waals surface area (Å²) in [5.41, 5.74) is 1.01. The molecule has 1 fully saturated rings. The fourth-order valence-electron chi connectivity index (χ4n) is 1.33. The van der Waals surface area contributed by atoms with E-state index in [1.807, 2.05) is 30.3 Å². The van der Waals surface area contributed by atoms with Crippen LogP contribution >= 0.6 is 0 Å². The van der Waals surface area contributed by atoms with Crippen molar-refractivity contribution >= 4 is 16.9 Å². The van der Waals surface area contributed by atoms with Crippen molar-refractivity contribution in [3.05, 3.63) is 35.9 Å². The Bertz CT molecular complexity index is 429. The molecule has 1 aromatic carbocycles. The van der Waals surface area contributed by atoms with Crippen molar-refractivity contribution in [2.75, 3.05) is 13.1 Å². The van der Waals surface area contributed by atoms with E-state index in [1.54, 1.807) is 0 Å². The highest BCUT2D eigenvalue weighted by atomic mass is 32.3. The first-order valence-electron chi connectivity index (χ1n) is 5.93. The van der Waals surface area contributed by atoms with Gasteiger partial charge in [-0.25, -0.2) is 0 Å². The molecule has 1 saturated heterocycles. The number of hydrogen-bond donors (Lipinski definition) is 3. The van der Waals surface area contributed by atoms with Crippen molar-refractivity contribution in [1.82, 2.24) is 5.32 Å². The summed E-state index contributed by atoms with van der Waals surface area (Å²) in [7, 11) is -4.67. The van der Waals surface area contributed by atoms with Gasteiger partial charge in [0.05, 0.1) is 0 Å². The molecule has 1 heterocycles. The highest BCUT2D eigenvalue weighted by Crippen LogP contribution is 1.98. The van der Waals surface area contributed by atoms with Crippen molar-refractivity contribution in [2.24, 2.45) is 0 Å². The molecule has 0 atom stereocenters. The number of carbonyl (C=O) groups is 1. The second-order valence-corrected chi connectivity index (χ2v) is 4.69. The molecule has 0 unspecified atom stereocenters. The minimum atomic E-state index is -4.67. The predicted molar refractivity (Wildman–Crippen MR) is 73.6 cm³/mol. The van der Waals surface area contributed by atoms with Crippen molar-refractivity contribution in [3.8, 4) is 0 Å². The van der Waals surface area contributed by atoms with Crippen LogP contribution in [0, 0.1) is 0 Å². The van der Waals surface area contributed by atoms with E-state index in [4.69, 9.17) is 17.5 Å². The van der Waals surface area contributed by atoms with Crippen LogP contribution in [-0.2, 0) is 26.5 Å². The molecule has 114 valence electrons. The maximum absolute atomic E-state index is 9.76. The molecule has 0 saturated carbocycles. The molecule has 0 aliphatic carbocycles. The van der Waals surface area contributed by atoms with Crippen molar-refractivity contribution < 1.29 is 27.1 Å². The van der Waals surface area contributed by atoms with E-state index >= 15 is 0 Å². The number of nitrogens with one attached hydrogen (secondary N) is 1. The summed E-state index contributed by atoms with van der Waals surface area (Å²) < 4.78 is 36.1. The zero-order valence-electron chi connectivity index (χ0n) is 10.9. The number of hydrogen-bond acceptors (Lipinski definition) is 5. The van der Waals surface area contributed by atoms with Gasteiger partial charge in [-0.2, -0.15) is 8.42 Å². The molecule has 3 N–H and O–H groups in total. The van der Waals surface area contributed by atoms with E-state index in [0.29, 0.717) is 13.1 Å². The normalized spacial score (nSPS) is 13.3. The lowest BCUT2D eigenvalue weighted by molar-refractivity contribution is -0.129. The lowest BCUT2D eigenvalue weighted by Crippen LogP contribution is -2.03. The molecule has 0 bridgehead atoms. The van der Waals surface area contributed by atoms with E-state index in [1.165, 1.54) is 25.9 Å². The number of ether oxygens (including phenoxy) is 1. The molecule has 0 aromatic heterocycles. The van der Waals surface area contributed by atoms with E-state index in [2.05, 4.69) is 10.1 Å². The van der Waals surface area contributed by atoms with Crippen LogP contribution in [0.3, 0.4) is 0 Å². The number of benzene rings is 1. The Morgan fingerprint density at radius 3 is 2.00 bits per heavy atom.